The minimum Gasteiger partial charge on any atom is -0.478 e. The molecule has 0 atom stereocenters. The second kappa shape index (κ2) is 5.54. The summed E-state index contributed by atoms with van der Waals surface area (Å²) in [6, 6.07) is 1.77. The van der Waals surface area contributed by atoms with E-state index in [4.69, 9.17) is 16.3 Å². The van der Waals surface area contributed by atoms with Crippen LogP contribution in [-0.4, -0.2) is 29.0 Å². The van der Waals surface area contributed by atoms with Crippen molar-refractivity contribution in [2.75, 3.05) is 24.3 Å². The van der Waals surface area contributed by atoms with Crippen molar-refractivity contribution < 1.29 is 4.74 Å². The Labute approximate surface area is 107 Å². The van der Waals surface area contributed by atoms with E-state index in [-0.39, 0.29) is 5.41 Å². The predicted molar refractivity (Wildman–Crippen MR) is 68.7 cm³/mol. The van der Waals surface area contributed by atoms with Crippen molar-refractivity contribution >= 4 is 17.5 Å². The molecule has 1 fully saturated rings. The second-order valence-electron chi connectivity index (χ2n) is 4.55. The number of alkyl halides is 1. The average Bonchev–Trinajstić information content (AvgIpc) is 3.15. The largest absolute Gasteiger partial charge is 0.478 e. The molecule has 94 valence electrons. The zero-order chi connectivity index (χ0) is 12.1. The normalized spacial score (nSPS) is 16.6. The number of nitrogens with zero attached hydrogens (tertiary/aromatic N) is 2. The molecular formula is C12H18ClN3O. The highest BCUT2D eigenvalue weighted by atomic mass is 35.5. The van der Waals surface area contributed by atoms with E-state index >= 15 is 0 Å². The van der Waals surface area contributed by atoms with Crippen LogP contribution >= 0.6 is 11.6 Å². The van der Waals surface area contributed by atoms with E-state index in [1.54, 1.807) is 12.3 Å². The van der Waals surface area contributed by atoms with Gasteiger partial charge in [0.2, 0.25) is 11.8 Å². The Kier molecular flexibility index (Phi) is 4.05. The summed E-state index contributed by atoms with van der Waals surface area (Å²) >= 11 is 5.92. The lowest BCUT2D eigenvalue weighted by Gasteiger charge is -2.12. The summed E-state index contributed by atoms with van der Waals surface area (Å²) in [5, 5.41) is 3.23. The van der Waals surface area contributed by atoms with E-state index < -0.39 is 0 Å². The molecule has 1 aromatic rings. The molecule has 1 aliphatic carbocycles. The van der Waals surface area contributed by atoms with E-state index in [9.17, 15) is 0 Å². The van der Waals surface area contributed by atoms with Crippen molar-refractivity contribution in [1.29, 1.82) is 0 Å². The lowest BCUT2D eigenvalue weighted by atomic mass is 10.1. The number of halogens is 1. The molecule has 1 aliphatic rings. The molecule has 0 aromatic carbocycles. The van der Waals surface area contributed by atoms with Gasteiger partial charge in [0.1, 0.15) is 0 Å². The summed E-state index contributed by atoms with van der Waals surface area (Å²) < 4.78 is 5.45. The van der Waals surface area contributed by atoms with Crippen molar-refractivity contribution in [3.05, 3.63) is 12.3 Å². The predicted octanol–water partition coefficient (Wildman–Crippen LogP) is 2.70. The first kappa shape index (κ1) is 12.4. The van der Waals surface area contributed by atoms with Crippen LogP contribution in [0, 0.1) is 5.41 Å². The molecule has 0 spiro atoms. The molecule has 0 unspecified atom stereocenters. The Morgan fingerprint density at radius 1 is 1.53 bits per heavy atom. The number of rotatable bonds is 7. The smallest absolute Gasteiger partial charge is 0.225 e. The van der Waals surface area contributed by atoms with Crippen LogP contribution in [0.25, 0.3) is 0 Å². The summed E-state index contributed by atoms with van der Waals surface area (Å²) in [6.07, 6.45) is 5.06. The molecule has 1 aromatic heterocycles. The quantitative estimate of drug-likeness (QED) is 0.761. The van der Waals surface area contributed by atoms with Gasteiger partial charge in [-0.05, 0) is 19.3 Å². The Hall–Kier alpha value is -1.03. The van der Waals surface area contributed by atoms with Gasteiger partial charge in [-0.1, -0.05) is 6.92 Å². The van der Waals surface area contributed by atoms with Crippen LogP contribution in [-0.2, 0) is 0 Å². The molecular weight excluding hydrogens is 238 g/mol. The van der Waals surface area contributed by atoms with E-state index in [1.165, 1.54) is 12.8 Å². The van der Waals surface area contributed by atoms with Crippen molar-refractivity contribution in [1.82, 2.24) is 9.97 Å². The molecule has 2 rings (SSSR count). The first-order chi connectivity index (χ1) is 8.28. The van der Waals surface area contributed by atoms with Crippen LogP contribution in [0.4, 0.5) is 5.95 Å². The molecule has 0 saturated heterocycles. The Morgan fingerprint density at radius 2 is 2.35 bits per heavy atom. The van der Waals surface area contributed by atoms with Crippen molar-refractivity contribution in [2.45, 2.75) is 26.2 Å². The minimum absolute atomic E-state index is 0.269. The highest BCUT2D eigenvalue weighted by Gasteiger charge is 2.41. The van der Waals surface area contributed by atoms with Gasteiger partial charge in [-0.25, -0.2) is 4.98 Å². The maximum Gasteiger partial charge on any atom is 0.225 e. The summed E-state index contributed by atoms with van der Waals surface area (Å²) in [5.41, 5.74) is 0.269. The molecule has 0 aliphatic heterocycles. The zero-order valence-corrected chi connectivity index (χ0v) is 10.8. The highest BCUT2D eigenvalue weighted by molar-refractivity contribution is 6.18. The van der Waals surface area contributed by atoms with Crippen LogP contribution in [0.3, 0.4) is 0 Å². The van der Waals surface area contributed by atoms with Gasteiger partial charge in [0.05, 0.1) is 6.61 Å². The van der Waals surface area contributed by atoms with Gasteiger partial charge >= 0.3 is 0 Å². The van der Waals surface area contributed by atoms with Crippen LogP contribution in [0.15, 0.2) is 12.3 Å². The summed E-state index contributed by atoms with van der Waals surface area (Å²) in [5.74, 6) is 1.95. The Bertz CT molecular complexity index is 369. The summed E-state index contributed by atoms with van der Waals surface area (Å²) in [4.78, 5) is 8.46. The monoisotopic (exact) mass is 255 g/mol. The number of anilines is 1. The Balaban J connectivity index is 1.87. The summed E-state index contributed by atoms with van der Waals surface area (Å²) in [7, 11) is 0. The molecule has 1 N–H and O–H groups in total. The SMILES string of the molecule is CCCOc1ccnc(NCC2(CCl)CC2)n1. The number of nitrogens with one attached hydrogen (secondary N) is 1. The fourth-order valence-electron chi connectivity index (χ4n) is 1.52. The number of hydrogen-bond acceptors (Lipinski definition) is 4. The van der Waals surface area contributed by atoms with E-state index in [1.807, 2.05) is 0 Å². The Morgan fingerprint density at radius 3 is 3.00 bits per heavy atom. The lowest BCUT2D eigenvalue weighted by Crippen LogP contribution is -2.18. The van der Waals surface area contributed by atoms with Gasteiger partial charge in [0, 0.05) is 30.1 Å². The molecule has 1 heterocycles. The first-order valence-electron chi connectivity index (χ1n) is 6.04. The molecule has 5 heteroatoms. The van der Waals surface area contributed by atoms with Crippen molar-refractivity contribution in [2.24, 2.45) is 5.41 Å². The van der Waals surface area contributed by atoms with Crippen LogP contribution < -0.4 is 10.1 Å². The fraction of sp³-hybridized carbons (Fsp3) is 0.667. The third kappa shape index (κ3) is 3.46. The van der Waals surface area contributed by atoms with Crippen molar-refractivity contribution in [3.8, 4) is 5.88 Å². The van der Waals surface area contributed by atoms with Gasteiger partial charge in [-0.3, -0.25) is 0 Å². The van der Waals surface area contributed by atoms with Gasteiger partial charge in [0.15, 0.2) is 0 Å². The average molecular weight is 256 g/mol. The van der Waals surface area contributed by atoms with Crippen LogP contribution in [0.1, 0.15) is 26.2 Å². The second-order valence-corrected chi connectivity index (χ2v) is 4.82. The molecule has 0 amide bonds. The molecule has 0 radical (unpaired) electrons. The molecule has 1 saturated carbocycles. The van der Waals surface area contributed by atoms with Crippen LogP contribution in [0.5, 0.6) is 5.88 Å². The lowest BCUT2D eigenvalue weighted by molar-refractivity contribution is 0.305. The maximum atomic E-state index is 5.92. The maximum absolute atomic E-state index is 5.92. The highest BCUT2D eigenvalue weighted by Crippen LogP contribution is 2.46. The first-order valence-corrected chi connectivity index (χ1v) is 6.57. The molecule has 17 heavy (non-hydrogen) atoms. The van der Waals surface area contributed by atoms with Gasteiger partial charge in [0.25, 0.3) is 0 Å². The van der Waals surface area contributed by atoms with E-state index in [2.05, 4.69) is 22.2 Å². The van der Waals surface area contributed by atoms with Gasteiger partial charge in [-0.15, -0.1) is 11.6 Å². The third-order valence-corrected chi connectivity index (χ3v) is 3.51. The minimum atomic E-state index is 0.269. The van der Waals surface area contributed by atoms with Gasteiger partial charge < -0.3 is 10.1 Å². The number of aromatic nitrogens is 2. The number of ether oxygens (including phenoxy) is 1. The van der Waals surface area contributed by atoms with Gasteiger partial charge in [-0.2, -0.15) is 4.98 Å². The van der Waals surface area contributed by atoms with Crippen LogP contribution in [0.2, 0.25) is 0 Å². The zero-order valence-electron chi connectivity index (χ0n) is 10.1. The van der Waals surface area contributed by atoms with E-state index in [0.717, 1.165) is 13.0 Å². The van der Waals surface area contributed by atoms with Crippen molar-refractivity contribution in [3.63, 3.8) is 0 Å². The molecule has 0 bridgehead atoms. The fourth-order valence-corrected chi connectivity index (χ4v) is 1.88. The molecule has 4 nitrogen and oxygen atoms in total. The summed E-state index contributed by atoms with van der Waals surface area (Å²) in [6.45, 7) is 3.59. The number of hydrogen-bond donors (Lipinski definition) is 1. The standard InChI is InChI=1S/C12H18ClN3O/c1-2-7-17-10-3-6-14-11(16-10)15-9-12(8-13)4-5-12/h3,6H,2,4-5,7-9H2,1H3,(H,14,15,16). The third-order valence-electron chi connectivity index (χ3n) is 2.95. The van der Waals surface area contributed by atoms with E-state index in [0.29, 0.717) is 24.3 Å². The topological polar surface area (TPSA) is 47.0 Å².